The van der Waals surface area contributed by atoms with Crippen LogP contribution in [-0.2, 0) is 11.3 Å². The SMILES string of the molecule is COC(=O)c1c(O)cc(-c2ccc(Cl)cc2)c2c1-c1ccccc1OC2. The molecule has 0 saturated carbocycles. The zero-order valence-electron chi connectivity index (χ0n) is 14.0. The fourth-order valence-corrected chi connectivity index (χ4v) is 3.43. The smallest absolute Gasteiger partial charge is 0.342 e. The molecule has 26 heavy (non-hydrogen) atoms. The van der Waals surface area contributed by atoms with Gasteiger partial charge < -0.3 is 14.6 Å². The first kappa shape index (κ1) is 16.5. The minimum absolute atomic E-state index is 0.128. The van der Waals surface area contributed by atoms with Crippen molar-refractivity contribution in [3.8, 4) is 33.8 Å². The molecular weight excluding hydrogens is 352 g/mol. The number of methoxy groups -OCH3 is 1. The standard InChI is InChI=1S/C21H15ClO4/c1-25-21(24)20-17(23)10-15(12-6-8-13(22)9-7-12)16-11-26-18-5-3-2-4-14(18)19(16)20/h2-10,23H,11H2,1H3. The van der Waals surface area contributed by atoms with Gasteiger partial charge in [-0.2, -0.15) is 0 Å². The van der Waals surface area contributed by atoms with Crippen molar-refractivity contribution in [1.29, 1.82) is 0 Å². The van der Waals surface area contributed by atoms with Crippen LogP contribution in [0.4, 0.5) is 0 Å². The molecule has 1 heterocycles. The summed E-state index contributed by atoms with van der Waals surface area (Å²) >= 11 is 5.99. The van der Waals surface area contributed by atoms with Gasteiger partial charge in [0.2, 0.25) is 0 Å². The number of rotatable bonds is 2. The number of hydrogen-bond donors (Lipinski definition) is 1. The second-order valence-corrected chi connectivity index (χ2v) is 6.39. The van der Waals surface area contributed by atoms with E-state index in [0.717, 1.165) is 22.3 Å². The number of phenols is 1. The molecule has 4 rings (SSSR count). The third-order valence-corrected chi connectivity index (χ3v) is 4.74. The Morgan fingerprint density at radius 1 is 1.12 bits per heavy atom. The maximum atomic E-state index is 12.4. The van der Waals surface area contributed by atoms with Crippen molar-refractivity contribution >= 4 is 17.6 Å². The maximum Gasteiger partial charge on any atom is 0.342 e. The molecule has 5 heteroatoms. The first-order valence-electron chi connectivity index (χ1n) is 8.05. The van der Waals surface area contributed by atoms with Crippen LogP contribution in [0.2, 0.25) is 5.02 Å². The molecule has 1 aliphatic rings. The van der Waals surface area contributed by atoms with Gasteiger partial charge in [0.15, 0.2) is 0 Å². The second-order valence-electron chi connectivity index (χ2n) is 5.96. The zero-order chi connectivity index (χ0) is 18.3. The molecule has 1 N–H and O–H groups in total. The first-order valence-corrected chi connectivity index (χ1v) is 8.43. The summed E-state index contributed by atoms with van der Waals surface area (Å²) in [6, 6.07) is 16.3. The van der Waals surface area contributed by atoms with Gasteiger partial charge in [-0.15, -0.1) is 0 Å². The Kier molecular flexibility index (Phi) is 4.05. The Hall–Kier alpha value is -2.98. The number of carbonyl (C=O) groups is 1. The zero-order valence-corrected chi connectivity index (χ0v) is 14.7. The van der Waals surface area contributed by atoms with Crippen LogP contribution in [0.3, 0.4) is 0 Å². The molecule has 1 aliphatic heterocycles. The molecule has 3 aromatic rings. The molecular formula is C21H15ClO4. The summed E-state index contributed by atoms with van der Waals surface area (Å²) in [6.45, 7) is 0.286. The van der Waals surface area contributed by atoms with Crippen LogP contribution in [-0.4, -0.2) is 18.2 Å². The van der Waals surface area contributed by atoms with Crippen molar-refractivity contribution in [3.05, 3.63) is 70.7 Å². The van der Waals surface area contributed by atoms with Gasteiger partial charge in [-0.3, -0.25) is 0 Å². The highest BCUT2D eigenvalue weighted by molar-refractivity contribution is 6.30. The van der Waals surface area contributed by atoms with E-state index in [2.05, 4.69) is 0 Å². The lowest BCUT2D eigenvalue weighted by Gasteiger charge is -2.26. The summed E-state index contributed by atoms with van der Waals surface area (Å²) in [5, 5.41) is 11.2. The van der Waals surface area contributed by atoms with Gasteiger partial charge in [-0.05, 0) is 35.4 Å². The lowest BCUT2D eigenvalue weighted by molar-refractivity contribution is 0.0598. The molecule has 0 saturated heterocycles. The van der Waals surface area contributed by atoms with E-state index in [0.29, 0.717) is 16.3 Å². The average Bonchev–Trinajstić information content (AvgIpc) is 2.67. The Morgan fingerprint density at radius 2 is 1.85 bits per heavy atom. The minimum atomic E-state index is -0.585. The van der Waals surface area contributed by atoms with E-state index in [1.54, 1.807) is 18.2 Å². The van der Waals surface area contributed by atoms with Gasteiger partial charge in [0, 0.05) is 21.7 Å². The number of fused-ring (bicyclic) bond motifs is 3. The van der Waals surface area contributed by atoms with Gasteiger partial charge in [-0.1, -0.05) is 41.9 Å². The third-order valence-electron chi connectivity index (χ3n) is 4.49. The Balaban J connectivity index is 2.06. The first-order chi connectivity index (χ1) is 12.6. The molecule has 0 bridgehead atoms. The Labute approximate surface area is 155 Å². The predicted octanol–water partition coefficient (Wildman–Crippen LogP) is 5.06. The van der Waals surface area contributed by atoms with Crippen molar-refractivity contribution in [2.24, 2.45) is 0 Å². The third kappa shape index (κ3) is 2.59. The number of ether oxygens (including phenoxy) is 2. The second kappa shape index (κ2) is 6.39. The van der Waals surface area contributed by atoms with E-state index >= 15 is 0 Å². The molecule has 0 fully saturated rings. The molecule has 4 nitrogen and oxygen atoms in total. The van der Waals surface area contributed by atoms with E-state index < -0.39 is 5.97 Å². The fraction of sp³-hybridized carbons (Fsp3) is 0.0952. The van der Waals surface area contributed by atoms with Crippen molar-refractivity contribution in [2.45, 2.75) is 6.61 Å². The highest BCUT2D eigenvalue weighted by atomic mass is 35.5. The highest BCUT2D eigenvalue weighted by Gasteiger charge is 2.29. The predicted molar refractivity (Wildman–Crippen MR) is 99.7 cm³/mol. The van der Waals surface area contributed by atoms with Crippen LogP contribution in [0.15, 0.2) is 54.6 Å². The Morgan fingerprint density at radius 3 is 2.58 bits per heavy atom. The molecule has 0 spiro atoms. The summed E-state index contributed by atoms with van der Waals surface area (Å²) in [5.41, 5.74) is 4.03. The van der Waals surface area contributed by atoms with E-state index in [1.807, 2.05) is 36.4 Å². The molecule has 0 aromatic heterocycles. The molecule has 0 radical (unpaired) electrons. The summed E-state index contributed by atoms with van der Waals surface area (Å²) in [7, 11) is 1.30. The van der Waals surface area contributed by atoms with Crippen molar-refractivity contribution < 1.29 is 19.4 Å². The lowest BCUT2D eigenvalue weighted by atomic mass is 9.86. The molecule has 0 atom stereocenters. The minimum Gasteiger partial charge on any atom is -0.507 e. The molecule has 0 unspecified atom stereocenters. The van der Waals surface area contributed by atoms with Gasteiger partial charge in [0.25, 0.3) is 0 Å². The number of benzene rings is 3. The largest absolute Gasteiger partial charge is 0.507 e. The van der Waals surface area contributed by atoms with Crippen molar-refractivity contribution in [2.75, 3.05) is 7.11 Å². The van der Waals surface area contributed by atoms with Gasteiger partial charge in [0.1, 0.15) is 23.7 Å². The van der Waals surface area contributed by atoms with Crippen LogP contribution in [0, 0.1) is 0 Å². The Bertz CT molecular complexity index is 1010. The van der Waals surface area contributed by atoms with Crippen molar-refractivity contribution in [1.82, 2.24) is 0 Å². The fourth-order valence-electron chi connectivity index (χ4n) is 3.30. The number of para-hydroxylation sites is 1. The summed E-state index contributed by atoms with van der Waals surface area (Å²) in [6.07, 6.45) is 0. The number of hydrogen-bond acceptors (Lipinski definition) is 4. The van der Waals surface area contributed by atoms with Gasteiger partial charge in [0.05, 0.1) is 7.11 Å². The number of aromatic hydroxyl groups is 1. The van der Waals surface area contributed by atoms with Gasteiger partial charge in [-0.25, -0.2) is 4.79 Å². The summed E-state index contributed by atoms with van der Waals surface area (Å²) in [4.78, 5) is 12.4. The number of carbonyl (C=O) groups excluding carboxylic acids is 1. The molecule has 0 aliphatic carbocycles. The van der Waals surface area contributed by atoms with Gasteiger partial charge >= 0.3 is 5.97 Å². The van der Waals surface area contributed by atoms with E-state index in [1.165, 1.54) is 7.11 Å². The van der Waals surface area contributed by atoms with Crippen LogP contribution >= 0.6 is 11.6 Å². The van der Waals surface area contributed by atoms with Crippen LogP contribution < -0.4 is 4.74 Å². The lowest BCUT2D eigenvalue weighted by Crippen LogP contribution is -2.13. The van der Waals surface area contributed by atoms with Crippen LogP contribution in [0.25, 0.3) is 22.3 Å². The van der Waals surface area contributed by atoms with E-state index in [4.69, 9.17) is 21.1 Å². The van der Waals surface area contributed by atoms with Crippen LogP contribution in [0.5, 0.6) is 11.5 Å². The highest BCUT2D eigenvalue weighted by Crippen LogP contribution is 2.46. The quantitative estimate of drug-likeness (QED) is 0.644. The monoisotopic (exact) mass is 366 g/mol. The van der Waals surface area contributed by atoms with E-state index in [-0.39, 0.29) is 17.9 Å². The van der Waals surface area contributed by atoms with Crippen molar-refractivity contribution in [3.63, 3.8) is 0 Å². The van der Waals surface area contributed by atoms with E-state index in [9.17, 15) is 9.90 Å². The average molecular weight is 367 g/mol. The molecule has 0 amide bonds. The molecule has 3 aromatic carbocycles. The molecule has 130 valence electrons. The normalized spacial score (nSPS) is 11.9. The van der Waals surface area contributed by atoms with Crippen LogP contribution in [0.1, 0.15) is 15.9 Å². The topological polar surface area (TPSA) is 55.8 Å². The number of esters is 1. The number of halogens is 1. The summed E-state index contributed by atoms with van der Waals surface area (Å²) in [5.74, 6) is -0.0480. The summed E-state index contributed by atoms with van der Waals surface area (Å²) < 4.78 is 10.8. The number of phenolic OH excluding ortho intramolecular Hbond substituents is 1. The maximum absolute atomic E-state index is 12.4.